The van der Waals surface area contributed by atoms with Gasteiger partial charge in [-0.15, -0.1) is 0 Å². The Bertz CT molecular complexity index is 633. The predicted octanol–water partition coefficient (Wildman–Crippen LogP) is 3.29. The number of amides is 1. The van der Waals surface area contributed by atoms with Gasteiger partial charge in [-0.3, -0.25) is 4.79 Å². The van der Waals surface area contributed by atoms with Gasteiger partial charge in [0.25, 0.3) is 0 Å². The van der Waals surface area contributed by atoms with E-state index in [0.29, 0.717) is 24.6 Å². The first-order chi connectivity index (χ1) is 10.7. The molecule has 0 bridgehead atoms. The van der Waals surface area contributed by atoms with Crippen LogP contribution in [0.5, 0.6) is 0 Å². The van der Waals surface area contributed by atoms with Crippen molar-refractivity contribution < 1.29 is 9.32 Å². The van der Waals surface area contributed by atoms with E-state index in [9.17, 15) is 4.79 Å². The number of halogens is 1. The smallest absolute Gasteiger partial charge is 0.227 e. The first-order valence-electron chi connectivity index (χ1n) is 7.59. The fourth-order valence-electron chi connectivity index (χ4n) is 2.59. The summed E-state index contributed by atoms with van der Waals surface area (Å²) in [5.74, 6) is 1.30. The standard InChI is InChI=1S/C16H18IN3O2/c17-13-6-4-12(5-7-13)16-18-14(22-19-16)8-9-15(21)20-10-2-1-3-11-20/h4-7H,1-3,8-11H2. The molecule has 6 heteroatoms. The number of aryl methyl sites for hydroxylation is 1. The molecule has 0 radical (unpaired) electrons. The molecule has 0 spiro atoms. The molecule has 1 aromatic heterocycles. The third-order valence-corrected chi connectivity index (χ3v) is 4.55. The SMILES string of the molecule is O=C(CCc1nc(-c2ccc(I)cc2)no1)N1CCCCC1. The van der Waals surface area contributed by atoms with Gasteiger partial charge in [-0.1, -0.05) is 17.3 Å². The van der Waals surface area contributed by atoms with Crippen molar-refractivity contribution in [3.63, 3.8) is 0 Å². The molecule has 2 heterocycles. The summed E-state index contributed by atoms with van der Waals surface area (Å²) in [4.78, 5) is 18.4. The topological polar surface area (TPSA) is 59.2 Å². The van der Waals surface area contributed by atoms with E-state index >= 15 is 0 Å². The highest BCUT2D eigenvalue weighted by molar-refractivity contribution is 14.1. The Hall–Kier alpha value is -1.44. The molecule has 3 rings (SSSR count). The van der Waals surface area contributed by atoms with Crippen molar-refractivity contribution in [2.45, 2.75) is 32.1 Å². The molecule has 0 saturated carbocycles. The molecule has 0 N–H and O–H groups in total. The largest absolute Gasteiger partial charge is 0.343 e. The van der Waals surface area contributed by atoms with Gasteiger partial charge in [0.1, 0.15) is 0 Å². The van der Waals surface area contributed by atoms with Crippen molar-refractivity contribution in [2.24, 2.45) is 0 Å². The zero-order valence-electron chi connectivity index (χ0n) is 12.3. The van der Waals surface area contributed by atoms with Gasteiger partial charge in [0.2, 0.25) is 17.6 Å². The summed E-state index contributed by atoms with van der Waals surface area (Å²) in [6.45, 7) is 1.77. The lowest BCUT2D eigenvalue weighted by Gasteiger charge is -2.26. The molecule has 5 nitrogen and oxygen atoms in total. The second kappa shape index (κ2) is 7.21. The van der Waals surface area contributed by atoms with E-state index in [1.165, 1.54) is 6.42 Å². The number of piperidine rings is 1. The molecule has 1 aliphatic rings. The van der Waals surface area contributed by atoms with Gasteiger partial charge in [0.05, 0.1) is 0 Å². The fraction of sp³-hybridized carbons (Fsp3) is 0.438. The molecule has 116 valence electrons. The summed E-state index contributed by atoms with van der Waals surface area (Å²) in [6, 6.07) is 7.95. The van der Waals surface area contributed by atoms with Crippen LogP contribution in [0.3, 0.4) is 0 Å². The second-order valence-electron chi connectivity index (χ2n) is 5.46. The number of hydrogen-bond donors (Lipinski definition) is 0. The lowest BCUT2D eigenvalue weighted by Crippen LogP contribution is -2.35. The van der Waals surface area contributed by atoms with E-state index < -0.39 is 0 Å². The van der Waals surface area contributed by atoms with Gasteiger partial charge in [-0.25, -0.2) is 0 Å². The van der Waals surface area contributed by atoms with E-state index in [-0.39, 0.29) is 5.91 Å². The van der Waals surface area contributed by atoms with Crippen LogP contribution in [0.2, 0.25) is 0 Å². The molecule has 0 aliphatic carbocycles. The van der Waals surface area contributed by atoms with Crippen LogP contribution in [-0.4, -0.2) is 34.0 Å². The monoisotopic (exact) mass is 411 g/mol. The Kier molecular flexibility index (Phi) is 5.07. The molecule has 1 fully saturated rings. The van der Waals surface area contributed by atoms with Crippen LogP contribution in [0.1, 0.15) is 31.6 Å². The maximum absolute atomic E-state index is 12.1. The van der Waals surface area contributed by atoms with Gasteiger partial charge >= 0.3 is 0 Å². The number of aromatic nitrogens is 2. The van der Waals surface area contributed by atoms with Crippen LogP contribution < -0.4 is 0 Å². The zero-order chi connectivity index (χ0) is 15.4. The summed E-state index contributed by atoms with van der Waals surface area (Å²) in [6.07, 6.45) is 4.40. The minimum Gasteiger partial charge on any atom is -0.343 e. The van der Waals surface area contributed by atoms with Crippen LogP contribution >= 0.6 is 22.6 Å². The second-order valence-corrected chi connectivity index (χ2v) is 6.71. The summed E-state index contributed by atoms with van der Waals surface area (Å²) in [7, 11) is 0. The maximum Gasteiger partial charge on any atom is 0.227 e. The lowest BCUT2D eigenvalue weighted by molar-refractivity contribution is -0.132. The van der Waals surface area contributed by atoms with Crippen LogP contribution in [-0.2, 0) is 11.2 Å². The van der Waals surface area contributed by atoms with Gasteiger partial charge in [0.15, 0.2) is 0 Å². The molecule has 2 aromatic rings. The summed E-state index contributed by atoms with van der Waals surface area (Å²) >= 11 is 2.26. The summed E-state index contributed by atoms with van der Waals surface area (Å²) in [5.41, 5.74) is 0.928. The molecular weight excluding hydrogens is 393 g/mol. The Labute approximate surface area is 143 Å². The van der Waals surface area contributed by atoms with Crippen LogP contribution in [0.4, 0.5) is 0 Å². The Balaban J connectivity index is 1.57. The quantitative estimate of drug-likeness (QED) is 0.725. The number of benzene rings is 1. The van der Waals surface area contributed by atoms with E-state index in [0.717, 1.165) is 35.1 Å². The van der Waals surface area contributed by atoms with Crippen molar-refractivity contribution in [3.05, 3.63) is 33.7 Å². The van der Waals surface area contributed by atoms with E-state index in [1.807, 2.05) is 29.2 Å². The van der Waals surface area contributed by atoms with Gasteiger partial charge < -0.3 is 9.42 Å². The fourth-order valence-corrected chi connectivity index (χ4v) is 2.95. The molecule has 1 saturated heterocycles. The van der Waals surface area contributed by atoms with Crippen molar-refractivity contribution >= 4 is 28.5 Å². The number of rotatable bonds is 4. The molecule has 22 heavy (non-hydrogen) atoms. The van der Waals surface area contributed by atoms with Crippen LogP contribution in [0.15, 0.2) is 28.8 Å². The number of carbonyl (C=O) groups excluding carboxylic acids is 1. The predicted molar refractivity (Wildman–Crippen MR) is 91.2 cm³/mol. The first-order valence-corrected chi connectivity index (χ1v) is 8.66. The molecular formula is C16H18IN3O2. The molecule has 0 unspecified atom stereocenters. The number of hydrogen-bond acceptors (Lipinski definition) is 4. The van der Waals surface area contributed by atoms with Gasteiger partial charge in [0, 0.05) is 35.1 Å². The maximum atomic E-state index is 12.1. The van der Waals surface area contributed by atoms with Crippen LogP contribution in [0, 0.1) is 3.57 Å². The number of likely N-dealkylation sites (tertiary alicyclic amines) is 1. The highest BCUT2D eigenvalue weighted by Gasteiger charge is 2.17. The van der Waals surface area contributed by atoms with Crippen molar-refractivity contribution in [1.82, 2.24) is 15.0 Å². The third kappa shape index (κ3) is 3.85. The lowest BCUT2D eigenvalue weighted by atomic mass is 10.1. The zero-order valence-corrected chi connectivity index (χ0v) is 14.5. The minimum absolute atomic E-state index is 0.189. The van der Waals surface area contributed by atoms with E-state index in [2.05, 4.69) is 32.7 Å². The molecule has 0 atom stereocenters. The van der Waals surface area contributed by atoms with Crippen molar-refractivity contribution in [2.75, 3.05) is 13.1 Å². The average Bonchev–Trinajstić information content (AvgIpc) is 3.03. The highest BCUT2D eigenvalue weighted by Crippen LogP contribution is 2.18. The molecule has 1 aliphatic heterocycles. The Morgan fingerprint density at radius 3 is 2.64 bits per heavy atom. The minimum atomic E-state index is 0.189. The highest BCUT2D eigenvalue weighted by atomic mass is 127. The Morgan fingerprint density at radius 1 is 1.18 bits per heavy atom. The van der Waals surface area contributed by atoms with E-state index in [4.69, 9.17) is 4.52 Å². The molecule has 1 aromatic carbocycles. The first kappa shape index (κ1) is 15.5. The van der Waals surface area contributed by atoms with Crippen molar-refractivity contribution in [1.29, 1.82) is 0 Å². The normalized spacial score (nSPS) is 15.0. The van der Waals surface area contributed by atoms with Crippen LogP contribution in [0.25, 0.3) is 11.4 Å². The molecule has 1 amide bonds. The van der Waals surface area contributed by atoms with Gasteiger partial charge in [-0.05, 0) is 54.0 Å². The Morgan fingerprint density at radius 2 is 1.91 bits per heavy atom. The van der Waals surface area contributed by atoms with Gasteiger partial charge in [-0.2, -0.15) is 4.98 Å². The summed E-state index contributed by atoms with van der Waals surface area (Å²) in [5, 5.41) is 3.99. The van der Waals surface area contributed by atoms with Crippen molar-refractivity contribution in [3.8, 4) is 11.4 Å². The number of nitrogens with zero attached hydrogens (tertiary/aromatic N) is 3. The third-order valence-electron chi connectivity index (χ3n) is 3.83. The summed E-state index contributed by atoms with van der Waals surface area (Å²) < 4.78 is 6.42. The number of carbonyl (C=O) groups is 1. The van der Waals surface area contributed by atoms with E-state index in [1.54, 1.807) is 0 Å². The average molecular weight is 411 g/mol.